The molecule has 0 aliphatic carbocycles. The summed E-state index contributed by atoms with van der Waals surface area (Å²) in [6.07, 6.45) is 0. The number of hydrogen-bond acceptors (Lipinski definition) is 4. The van der Waals surface area contributed by atoms with Gasteiger partial charge in [0.1, 0.15) is 0 Å². The maximum absolute atomic E-state index is 12.6. The van der Waals surface area contributed by atoms with Crippen molar-refractivity contribution in [3.8, 4) is 0 Å². The molecule has 31 heavy (non-hydrogen) atoms. The molecule has 0 atom stereocenters. The normalized spacial score (nSPS) is 10.8. The van der Waals surface area contributed by atoms with Crippen LogP contribution in [0.5, 0.6) is 0 Å². The standard InChI is InChI=1S/C20H16Cl2N4O4S/c21-14-4-8-16(9-5-14)23-20(28)25-24-19(27)13-2-1-3-18(12-13)31(29,30)26-17-10-6-15(22)7-11-17/h1-12,26H,(H,24,27)(H2,23,25,28). The number of hydrazine groups is 1. The van der Waals surface area contributed by atoms with Gasteiger partial charge in [0, 0.05) is 27.0 Å². The fourth-order valence-electron chi connectivity index (χ4n) is 2.42. The van der Waals surface area contributed by atoms with E-state index in [9.17, 15) is 18.0 Å². The minimum absolute atomic E-state index is 0.0331. The molecular formula is C20H16Cl2N4O4S. The molecule has 11 heteroatoms. The molecule has 0 aliphatic rings. The Hall–Kier alpha value is -3.27. The van der Waals surface area contributed by atoms with Crippen molar-refractivity contribution in [2.45, 2.75) is 4.90 Å². The van der Waals surface area contributed by atoms with E-state index < -0.39 is 22.0 Å². The summed E-state index contributed by atoms with van der Waals surface area (Å²) in [6.45, 7) is 0. The maximum atomic E-state index is 12.6. The number of halogens is 2. The minimum atomic E-state index is -3.94. The van der Waals surface area contributed by atoms with Crippen LogP contribution in [0.25, 0.3) is 0 Å². The molecule has 3 aromatic rings. The van der Waals surface area contributed by atoms with Gasteiger partial charge in [-0.15, -0.1) is 0 Å². The second-order valence-electron chi connectivity index (χ2n) is 6.18. The van der Waals surface area contributed by atoms with Gasteiger partial charge in [-0.3, -0.25) is 14.9 Å². The molecule has 0 saturated carbocycles. The number of sulfonamides is 1. The third kappa shape index (κ3) is 6.35. The van der Waals surface area contributed by atoms with Gasteiger partial charge >= 0.3 is 6.03 Å². The first-order valence-corrected chi connectivity index (χ1v) is 11.0. The predicted molar refractivity (Wildman–Crippen MR) is 120 cm³/mol. The molecule has 0 heterocycles. The van der Waals surface area contributed by atoms with E-state index in [2.05, 4.69) is 20.9 Å². The van der Waals surface area contributed by atoms with E-state index in [4.69, 9.17) is 23.2 Å². The number of amides is 3. The topological polar surface area (TPSA) is 116 Å². The Morgan fingerprint density at radius 2 is 1.32 bits per heavy atom. The fourth-order valence-corrected chi connectivity index (χ4v) is 3.77. The molecule has 4 N–H and O–H groups in total. The summed E-state index contributed by atoms with van der Waals surface area (Å²) in [5.74, 6) is -0.699. The van der Waals surface area contributed by atoms with Gasteiger partial charge in [0.05, 0.1) is 4.90 Å². The van der Waals surface area contributed by atoms with Gasteiger partial charge in [-0.1, -0.05) is 29.3 Å². The number of urea groups is 1. The van der Waals surface area contributed by atoms with Crippen LogP contribution in [0.2, 0.25) is 10.0 Å². The van der Waals surface area contributed by atoms with Crippen molar-refractivity contribution < 1.29 is 18.0 Å². The van der Waals surface area contributed by atoms with Crippen molar-refractivity contribution in [3.05, 3.63) is 88.4 Å². The molecule has 160 valence electrons. The Bertz CT molecular complexity index is 1200. The number of benzene rings is 3. The first-order valence-electron chi connectivity index (χ1n) is 8.74. The van der Waals surface area contributed by atoms with Crippen molar-refractivity contribution in [2.24, 2.45) is 0 Å². The smallest absolute Gasteiger partial charge is 0.307 e. The first kappa shape index (κ1) is 22.4. The lowest BCUT2D eigenvalue weighted by atomic mass is 10.2. The molecule has 3 amide bonds. The molecule has 0 fully saturated rings. The molecule has 3 rings (SSSR count). The summed E-state index contributed by atoms with van der Waals surface area (Å²) in [5, 5.41) is 3.48. The summed E-state index contributed by atoms with van der Waals surface area (Å²) in [4.78, 5) is 24.1. The molecule has 0 radical (unpaired) electrons. The third-order valence-electron chi connectivity index (χ3n) is 3.89. The van der Waals surface area contributed by atoms with Crippen LogP contribution in [0.4, 0.5) is 16.2 Å². The summed E-state index contributed by atoms with van der Waals surface area (Å²) < 4.78 is 27.6. The fraction of sp³-hybridized carbons (Fsp3) is 0. The summed E-state index contributed by atoms with van der Waals surface area (Å²) in [5.41, 5.74) is 5.22. The van der Waals surface area contributed by atoms with Crippen LogP contribution in [0, 0.1) is 0 Å². The van der Waals surface area contributed by atoms with Gasteiger partial charge in [-0.2, -0.15) is 0 Å². The van der Waals surface area contributed by atoms with Crippen molar-refractivity contribution in [1.29, 1.82) is 0 Å². The van der Waals surface area contributed by atoms with Crippen LogP contribution in [-0.4, -0.2) is 20.4 Å². The lowest BCUT2D eigenvalue weighted by Gasteiger charge is -2.11. The molecular weight excluding hydrogens is 463 g/mol. The summed E-state index contributed by atoms with van der Waals surface area (Å²) in [6, 6.07) is 17.2. The van der Waals surface area contributed by atoms with Gasteiger partial charge in [-0.25, -0.2) is 18.6 Å². The predicted octanol–water partition coefficient (Wildman–Crippen LogP) is 4.26. The Kier molecular flexibility index (Phi) is 7.01. The molecule has 8 nitrogen and oxygen atoms in total. The van der Waals surface area contributed by atoms with E-state index in [-0.39, 0.29) is 10.5 Å². The number of carbonyl (C=O) groups is 2. The second-order valence-corrected chi connectivity index (χ2v) is 8.74. The number of hydrogen-bond donors (Lipinski definition) is 4. The van der Waals surface area contributed by atoms with E-state index in [0.717, 1.165) is 0 Å². The highest BCUT2D eigenvalue weighted by atomic mass is 35.5. The average molecular weight is 479 g/mol. The van der Waals surface area contributed by atoms with Gasteiger partial charge in [0.2, 0.25) is 0 Å². The number of carbonyl (C=O) groups excluding carboxylic acids is 2. The van der Waals surface area contributed by atoms with Gasteiger partial charge in [0.25, 0.3) is 15.9 Å². The van der Waals surface area contributed by atoms with Crippen molar-refractivity contribution in [1.82, 2.24) is 10.9 Å². The Morgan fingerprint density at radius 3 is 1.94 bits per heavy atom. The van der Waals surface area contributed by atoms with Crippen LogP contribution in [0.3, 0.4) is 0 Å². The monoisotopic (exact) mass is 478 g/mol. The zero-order chi connectivity index (χ0) is 22.4. The van der Waals surface area contributed by atoms with Crippen LogP contribution >= 0.6 is 23.2 Å². The van der Waals surface area contributed by atoms with E-state index in [1.165, 1.54) is 36.4 Å². The Labute approximate surface area is 188 Å². The van der Waals surface area contributed by atoms with Crippen LogP contribution < -0.4 is 20.9 Å². The SMILES string of the molecule is O=C(NNC(=O)c1cccc(S(=O)(=O)Nc2ccc(Cl)cc2)c1)Nc1ccc(Cl)cc1. The zero-order valence-electron chi connectivity index (χ0n) is 15.7. The van der Waals surface area contributed by atoms with Crippen LogP contribution in [-0.2, 0) is 10.0 Å². The number of anilines is 2. The largest absolute Gasteiger partial charge is 0.337 e. The molecule has 3 aromatic carbocycles. The highest BCUT2D eigenvalue weighted by molar-refractivity contribution is 7.92. The number of rotatable bonds is 5. The molecule has 0 bridgehead atoms. The average Bonchev–Trinajstić information content (AvgIpc) is 2.75. The van der Waals surface area contributed by atoms with E-state index >= 15 is 0 Å². The first-order chi connectivity index (χ1) is 14.7. The lowest BCUT2D eigenvalue weighted by molar-refractivity contribution is 0.0937. The quantitative estimate of drug-likeness (QED) is 0.409. The summed E-state index contributed by atoms with van der Waals surface area (Å²) in [7, 11) is -3.94. The molecule has 0 saturated heterocycles. The van der Waals surface area contributed by atoms with Crippen LogP contribution in [0.1, 0.15) is 10.4 Å². The van der Waals surface area contributed by atoms with Gasteiger partial charge in [-0.05, 0) is 66.7 Å². The molecule has 0 unspecified atom stereocenters. The van der Waals surface area contributed by atoms with Crippen molar-refractivity contribution in [2.75, 3.05) is 10.0 Å². The lowest BCUT2D eigenvalue weighted by Crippen LogP contribution is -2.43. The minimum Gasteiger partial charge on any atom is -0.307 e. The van der Waals surface area contributed by atoms with Crippen molar-refractivity contribution >= 4 is 56.5 Å². The molecule has 0 spiro atoms. The number of nitrogens with one attached hydrogen (secondary N) is 4. The molecule has 0 aromatic heterocycles. The highest BCUT2D eigenvalue weighted by Gasteiger charge is 2.17. The maximum Gasteiger partial charge on any atom is 0.337 e. The molecule has 0 aliphatic heterocycles. The zero-order valence-corrected chi connectivity index (χ0v) is 18.1. The van der Waals surface area contributed by atoms with Crippen LogP contribution in [0.15, 0.2) is 77.7 Å². The summed E-state index contributed by atoms with van der Waals surface area (Å²) >= 11 is 11.6. The Balaban J connectivity index is 1.63. The van der Waals surface area contributed by atoms with Gasteiger partial charge < -0.3 is 5.32 Å². The van der Waals surface area contributed by atoms with Gasteiger partial charge in [0.15, 0.2) is 0 Å². The third-order valence-corrected chi connectivity index (χ3v) is 5.78. The van der Waals surface area contributed by atoms with E-state index in [1.54, 1.807) is 36.4 Å². The van der Waals surface area contributed by atoms with E-state index in [1.807, 2.05) is 0 Å². The van der Waals surface area contributed by atoms with Crippen molar-refractivity contribution in [3.63, 3.8) is 0 Å². The Morgan fingerprint density at radius 1 is 0.742 bits per heavy atom. The second kappa shape index (κ2) is 9.69. The van der Waals surface area contributed by atoms with E-state index in [0.29, 0.717) is 21.4 Å². The highest BCUT2D eigenvalue weighted by Crippen LogP contribution is 2.19.